The number of aromatic nitrogens is 3. The van der Waals surface area contributed by atoms with Crippen LogP contribution in [0.2, 0.25) is 0 Å². The zero-order valence-corrected chi connectivity index (χ0v) is 18.3. The average molecular weight is 427 g/mol. The third-order valence-electron chi connectivity index (χ3n) is 5.40. The molecule has 0 bridgehead atoms. The number of carbonyl (C=O) groups excluding carboxylic acids is 2. The first kappa shape index (κ1) is 21.4. The minimum Gasteiger partial charge on any atom is -0.326 e. The maximum absolute atomic E-state index is 12.4. The van der Waals surface area contributed by atoms with Crippen LogP contribution in [0, 0.1) is 6.92 Å². The number of nitrogens with zero attached hydrogens (tertiary/aromatic N) is 3. The topological polar surface area (TPSA) is 76.9 Å². The van der Waals surface area contributed by atoms with E-state index >= 15 is 0 Å². The number of anilines is 1. The van der Waals surface area contributed by atoms with Crippen molar-refractivity contribution in [2.24, 2.45) is 0 Å². The highest BCUT2D eigenvalue weighted by Crippen LogP contribution is 2.18. The summed E-state index contributed by atoms with van der Waals surface area (Å²) in [4.78, 5) is 33.3. The normalized spacial score (nSPS) is 10.9. The molecule has 2 aromatic carbocycles. The van der Waals surface area contributed by atoms with E-state index in [2.05, 4.69) is 46.1 Å². The van der Waals surface area contributed by atoms with Crippen molar-refractivity contribution in [2.45, 2.75) is 39.7 Å². The standard InChI is InChI=1S/C26H26N4O2/c1-18-11-13-20(14-12-18)17-30-24(29-23-8-5-15-27-26(23)30)9-4-10-25(32)28-22-7-3-6-21(16-22)19(2)31/h3,5-8,11-16H,4,9-10,17H2,1-2H3,(H,28,32). The molecular formula is C26H26N4O2. The van der Waals surface area contributed by atoms with Crippen molar-refractivity contribution in [3.63, 3.8) is 0 Å². The van der Waals surface area contributed by atoms with Crippen LogP contribution in [-0.4, -0.2) is 26.2 Å². The van der Waals surface area contributed by atoms with Crippen LogP contribution in [0.3, 0.4) is 0 Å². The SMILES string of the molecule is CC(=O)c1cccc(NC(=O)CCCc2nc3cccnc3n2Cc2ccc(C)cc2)c1. The number of hydrogen-bond donors (Lipinski definition) is 1. The molecule has 6 heteroatoms. The van der Waals surface area contributed by atoms with Gasteiger partial charge in [-0.3, -0.25) is 9.59 Å². The summed E-state index contributed by atoms with van der Waals surface area (Å²) < 4.78 is 2.13. The van der Waals surface area contributed by atoms with Crippen LogP contribution < -0.4 is 5.32 Å². The van der Waals surface area contributed by atoms with Gasteiger partial charge in [0.2, 0.25) is 5.91 Å². The lowest BCUT2D eigenvalue weighted by Gasteiger charge is -2.10. The molecule has 4 rings (SSSR count). The Hall–Kier alpha value is -3.80. The maximum Gasteiger partial charge on any atom is 0.224 e. The fourth-order valence-electron chi connectivity index (χ4n) is 3.68. The molecule has 0 saturated heterocycles. The fraction of sp³-hybridized carbons (Fsp3) is 0.231. The lowest BCUT2D eigenvalue weighted by atomic mass is 10.1. The second kappa shape index (κ2) is 9.56. The number of carbonyl (C=O) groups is 2. The minimum absolute atomic E-state index is 0.0258. The average Bonchev–Trinajstić information content (AvgIpc) is 3.12. The number of pyridine rings is 1. The monoisotopic (exact) mass is 426 g/mol. The molecule has 0 aliphatic heterocycles. The minimum atomic E-state index is -0.0787. The molecule has 0 aliphatic rings. The van der Waals surface area contributed by atoms with Crippen LogP contribution in [0.15, 0.2) is 66.9 Å². The van der Waals surface area contributed by atoms with Gasteiger partial charge in [-0.25, -0.2) is 9.97 Å². The second-order valence-electron chi connectivity index (χ2n) is 7.98. The Kier molecular flexibility index (Phi) is 6.40. The molecule has 1 N–H and O–H groups in total. The molecule has 0 saturated carbocycles. The van der Waals surface area contributed by atoms with E-state index < -0.39 is 0 Å². The molecule has 0 aliphatic carbocycles. The molecule has 32 heavy (non-hydrogen) atoms. The first-order chi connectivity index (χ1) is 15.5. The van der Waals surface area contributed by atoms with Gasteiger partial charge in [-0.05, 0) is 50.1 Å². The maximum atomic E-state index is 12.4. The Balaban J connectivity index is 1.43. The highest BCUT2D eigenvalue weighted by atomic mass is 16.1. The van der Waals surface area contributed by atoms with E-state index in [1.807, 2.05) is 12.1 Å². The highest BCUT2D eigenvalue weighted by Gasteiger charge is 2.13. The summed E-state index contributed by atoms with van der Waals surface area (Å²) in [5.74, 6) is 0.817. The quantitative estimate of drug-likeness (QED) is 0.404. The Bertz CT molecular complexity index is 1260. The van der Waals surface area contributed by atoms with Crippen LogP contribution >= 0.6 is 0 Å². The summed E-state index contributed by atoms with van der Waals surface area (Å²) in [7, 11) is 0. The van der Waals surface area contributed by atoms with Gasteiger partial charge in [0.05, 0.1) is 6.54 Å². The zero-order chi connectivity index (χ0) is 22.5. The molecule has 6 nitrogen and oxygen atoms in total. The molecule has 4 aromatic rings. The summed E-state index contributed by atoms with van der Waals surface area (Å²) in [5.41, 5.74) is 5.35. The van der Waals surface area contributed by atoms with Gasteiger partial charge in [-0.1, -0.05) is 42.0 Å². The van der Waals surface area contributed by atoms with Gasteiger partial charge in [0.25, 0.3) is 0 Å². The molecule has 1 amide bonds. The highest BCUT2D eigenvalue weighted by molar-refractivity contribution is 5.97. The number of imidazole rings is 1. The van der Waals surface area contributed by atoms with Gasteiger partial charge in [0, 0.05) is 30.3 Å². The number of benzene rings is 2. The van der Waals surface area contributed by atoms with Crippen molar-refractivity contribution in [1.29, 1.82) is 0 Å². The number of amides is 1. The third kappa shape index (κ3) is 5.09. The molecule has 2 aromatic heterocycles. The third-order valence-corrected chi connectivity index (χ3v) is 5.40. The number of fused-ring (bicyclic) bond motifs is 1. The van der Waals surface area contributed by atoms with Crippen LogP contribution in [-0.2, 0) is 17.8 Å². The van der Waals surface area contributed by atoms with Crippen LogP contribution in [0.5, 0.6) is 0 Å². The van der Waals surface area contributed by atoms with Gasteiger partial charge in [0.1, 0.15) is 11.3 Å². The van der Waals surface area contributed by atoms with E-state index in [1.54, 1.807) is 30.5 Å². The van der Waals surface area contributed by atoms with Crippen molar-refractivity contribution in [3.05, 3.63) is 89.4 Å². The van der Waals surface area contributed by atoms with E-state index in [9.17, 15) is 9.59 Å². The Morgan fingerprint density at radius 2 is 1.84 bits per heavy atom. The number of Topliss-reactive ketones (excluding diaryl/α,β-unsaturated/α-hetero) is 1. The van der Waals surface area contributed by atoms with E-state index in [-0.39, 0.29) is 11.7 Å². The molecule has 0 unspecified atom stereocenters. The predicted molar refractivity (Wildman–Crippen MR) is 126 cm³/mol. The fourth-order valence-corrected chi connectivity index (χ4v) is 3.68. The Morgan fingerprint density at radius 1 is 1.03 bits per heavy atom. The molecule has 0 spiro atoms. The summed E-state index contributed by atoms with van der Waals surface area (Å²) in [6.07, 6.45) is 3.48. The van der Waals surface area contributed by atoms with Gasteiger partial charge < -0.3 is 9.88 Å². The number of nitrogens with one attached hydrogen (secondary N) is 1. The van der Waals surface area contributed by atoms with Gasteiger partial charge >= 0.3 is 0 Å². The van der Waals surface area contributed by atoms with Gasteiger partial charge in [-0.2, -0.15) is 0 Å². The van der Waals surface area contributed by atoms with Crippen LogP contribution in [0.1, 0.15) is 47.1 Å². The van der Waals surface area contributed by atoms with Crippen molar-refractivity contribution in [1.82, 2.24) is 14.5 Å². The Morgan fingerprint density at radius 3 is 2.62 bits per heavy atom. The summed E-state index contributed by atoms with van der Waals surface area (Å²) >= 11 is 0. The number of ketones is 1. The first-order valence-corrected chi connectivity index (χ1v) is 10.8. The van der Waals surface area contributed by atoms with E-state index in [4.69, 9.17) is 4.98 Å². The van der Waals surface area contributed by atoms with Crippen molar-refractivity contribution >= 4 is 28.5 Å². The van der Waals surface area contributed by atoms with Crippen LogP contribution in [0.25, 0.3) is 11.2 Å². The first-order valence-electron chi connectivity index (χ1n) is 10.8. The predicted octanol–water partition coefficient (Wildman–Crippen LogP) is 4.95. The smallest absolute Gasteiger partial charge is 0.224 e. The largest absolute Gasteiger partial charge is 0.326 e. The molecular weight excluding hydrogens is 400 g/mol. The lowest BCUT2D eigenvalue weighted by Crippen LogP contribution is -2.13. The van der Waals surface area contributed by atoms with Crippen molar-refractivity contribution in [2.75, 3.05) is 5.32 Å². The van der Waals surface area contributed by atoms with E-state index in [1.165, 1.54) is 18.1 Å². The number of aryl methyl sites for hydroxylation is 2. The summed E-state index contributed by atoms with van der Waals surface area (Å²) in [6.45, 7) is 4.27. The zero-order valence-electron chi connectivity index (χ0n) is 18.3. The Labute approximate surface area is 187 Å². The van der Waals surface area contributed by atoms with E-state index in [0.717, 1.165) is 17.0 Å². The van der Waals surface area contributed by atoms with Gasteiger partial charge in [-0.15, -0.1) is 0 Å². The molecule has 0 fully saturated rings. The van der Waals surface area contributed by atoms with Crippen LogP contribution in [0.4, 0.5) is 5.69 Å². The molecule has 162 valence electrons. The second-order valence-corrected chi connectivity index (χ2v) is 7.98. The van der Waals surface area contributed by atoms with Gasteiger partial charge in [0.15, 0.2) is 11.4 Å². The molecule has 2 heterocycles. The number of hydrogen-bond acceptors (Lipinski definition) is 4. The molecule has 0 atom stereocenters. The van der Waals surface area contributed by atoms with Crippen molar-refractivity contribution in [3.8, 4) is 0 Å². The number of rotatable bonds is 8. The molecule has 0 radical (unpaired) electrons. The van der Waals surface area contributed by atoms with Crippen molar-refractivity contribution < 1.29 is 9.59 Å². The lowest BCUT2D eigenvalue weighted by molar-refractivity contribution is -0.116. The summed E-state index contributed by atoms with van der Waals surface area (Å²) in [6, 6.07) is 19.3. The van der Waals surface area contributed by atoms with E-state index in [0.29, 0.717) is 37.1 Å². The summed E-state index contributed by atoms with van der Waals surface area (Å²) in [5, 5.41) is 2.88.